The molecule has 17 heavy (non-hydrogen) atoms. The van der Waals surface area contributed by atoms with Crippen LogP contribution in [0.4, 0.5) is 0 Å². The molecule has 1 aromatic rings. The molecular formula is C9H15ClN2O2S3. The quantitative estimate of drug-likeness (QED) is 0.786. The molecule has 0 aliphatic carbocycles. The summed E-state index contributed by atoms with van der Waals surface area (Å²) in [5, 5.41) is 0. The third-order valence-corrected chi connectivity index (χ3v) is 6.07. The summed E-state index contributed by atoms with van der Waals surface area (Å²) in [6.45, 7) is 2.10. The van der Waals surface area contributed by atoms with Gasteiger partial charge in [0.2, 0.25) is 0 Å². The predicted molar refractivity (Wildman–Crippen MR) is 74.7 cm³/mol. The smallest absolute Gasteiger partial charge is 0.229 e. The van der Waals surface area contributed by atoms with Gasteiger partial charge < -0.3 is 0 Å². The monoisotopic (exact) mass is 314 g/mol. The number of hydrogen-bond donors (Lipinski definition) is 1. The van der Waals surface area contributed by atoms with Gasteiger partial charge in [0, 0.05) is 6.54 Å². The summed E-state index contributed by atoms with van der Waals surface area (Å²) < 4.78 is 26.8. The van der Waals surface area contributed by atoms with Gasteiger partial charge in [-0.3, -0.25) is 0 Å². The maximum absolute atomic E-state index is 11.9. The minimum atomic E-state index is -3.44. The second-order valence-electron chi connectivity index (χ2n) is 3.44. The molecular weight excluding hydrogens is 300 g/mol. The number of unbranched alkanes of at least 4 members (excludes halogenated alkanes) is 1. The average molecular weight is 315 g/mol. The summed E-state index contributed by atoms with van der Waals surface area (Å²) in [6, 6.07) is 0. The Hall–Kier alpha value is 0.180. The highest BCUT2D eigenvalue weighted by Crippen LogP contribution is 2.26. The summed E-state index contributed by atoms with van der Waals surface area (Å²) >= 11 is 8.44. The minimum absolute atomic E-state index is 0.215. The maximum Gasteiger partial charge on any atom is 0.251 e. The number of aryl methyl sites for hydroxylation is 1. The van der Waals surface area contributed by atoms with Crippen molar-refractivity contribution in [2.24, 2.45) is 0 Å². The van der Waals surface area contributed by atoms with E-state index in [1.54, 1.807) is 18.7 Å². The summed E-state index contributed by atoms with van der Waals surface area (Å²) in [6.07, 6.45) is 3.88. The Kier molecular flexibility index (Phi) is 6.22. The van der Waals surface area contributed by atoms with Crippen LogP contribution in [0.15, 0.2) is 4.21 Å². The van der Waals surface area contributed by atoms with E-state index in [4.69, 9.17) is 11.6 Å². The standard InChI is InChI=1S/C9H15ClN2O2S3/c1-7-8(16-9(10)12-7)17(13,14)11-5-3-4-6-15-2/h11H,3-6H2,1-2H3. The molecule has 8 heteroatoms. The number of thiazole rings is 1. The van der Waals surface area contributed by atoms with Gasteiger partial charge in [0.05, 0.1) is 5.69 Å². The van der Waals surface area contributed by atoms with Gasteiger partial charge in [-0.2, -0.15) is 11.8 Å². The van der Waals surface area contributed by atoms with E-state index < -0.39 is 10.0 Å². The average Bonchev–Trinajstić information content (AvgIpc) is 2.58. The molecule has 0 saturated heterocycles. The van der Waals surface area contributed by atoms with Crippen LogP contribution >= 0.6 is 34.7 Å². The molecule has 0 atom stereocenters. The number of nitrogens with one attached hydrogen (secondary N) is 1. The molecule has 0 aromatic carbocycles. The highest BCUT2D eigenvalue weighted by molar-refractivity contribution is 7.98. The molecule has 0 aliphatic heterocycles. The predicted octanol–water partition coefficient (Wildman–Crippen LogP) is 2.53. The van der Waals surface area contributed by atoms with Crippen molar-refractivity contribution >= 4 is 44.7 Å². The zero-order valence-electron chi connectivity index (χ0n) is 9.69. The first-order valence-corrected chi connectivity index (χ1v) is 9.16. The molecule has 0 saturated carbocycles. The molecule has 0 bridgehead atoms. The molecule has 0 unspecified atom stereocenters. The summed E-state index contributed by atoms with van der Waals surface area (Å²) in [7, 11) is -3.44. The third kappa shape index (κ3) is 4.75. The van der Waals surface area contributed by atoms with Crippen molar-refractivity contribution in [1.82, 2.24) is 9.71 Å². The fourth-order valence-electron chi connectivity index (χ4n) is 1.24. The maximum atomic E-state index is 11.9. The van der Waals surface area contributed by atoms with Crippen molar-refractivity contribution in [2.75, 3.05) is 18.6 Å². The minimum Gasteiger partial charge on any atom is -0.229 e. The number of hydrogen-bond acceptors (Lipinski definition) is 5. The SMILES string of the molecule is CSCCCCNS(=O)(=O)c1sc(Cl)nc1C. The van der Waals surface area contributed by atoms with Crippen molar-refractivity contribution in [1.29, 1.82) is 0 Å². The van der Waals surface area contributed by atoms with Crippen LogP contribution in [0, 0.1) is 6.92 Å². The Morgan fingerprint density at radius 3 is 2.71 bits per heavy atom. The Morgan fingerprint density at radius 1 is 1.47 bits per heavy atom. The lowest BCUT2D eigenvalue weighted by atomic mass is 10.3. The topological polar surface area (TPSA) is 59.1 Å². The van der Waals surface area contributed by atoms with Crippen molar-refractivity contribution in [3.05, 3.63) is 10.2 Å². The van der Waals surface area contributed by atoms with E-state index in [1.807, 2.05) is 6.26 Å². The Bertz CT molecular complexity index is 459. The first kappa shape index (κ1) is 15.2. The largest absolute Gasteiger partial charge is 0.251 e. The molecule has 1 aromatic heterocycles. The third-order valence-electron chi connectivity index (χ3n) is 2.04. The van der Waals surface area contributed by atoms with E-state index in [2.05, 4.69) is 9.71 Å². The second kappa shape index (κ2) is 6.94. The van der Waals surface area contributed by atoms with Crippen LogP contribution in [0.5, 0.6) is 0 Å². The van der Waals surface area contributed by atoms with E-state index in [1.165, 1.54) is 0 Å². The van der Waals surface area contributed by atoms with Gasteiger partial charge in [-0.15, -0.1) is 0 Å². The number of nitrogens with zero attached hydrogens (tertiary/aromatic N) is 1. The number of rotatable bonds is 7. The molecule has 1 heterocycles. The Balaban J connectivity index is 2.54. The fraction of sp³-hybridized carbons (Fsp3) is 0.667. The normalized spacial score (nSPS) is 11.9. The Morgan fingerprint density at radius 2 is 2.18 bits per heavy atom. The highest BCUT2D eigenvalue weighted by Gasteiger charge is 2.20. The molecule has 0 amide bonds. The number of sulfonamides is 1. The molecule has 98 valence electrons. The van der Waals surface area contributed by atoms with Gasteiger partial charge in [0.25, 0.3) is 10.0 Å². The molecule has 4 nitrogen and oxygen atoms in total. The summed E-state index contributed by atoms with van der Waals surface area (Å²) in [4.78, 5) is 3.90. The number of aromatic nitrogens is 1. The van der Waals surface area contributed by atoms with E-state index in [0.29, 0.717) is 12.2 Å². The zero-order valence-corrected chi connectivity index (χ0v) is 12.9. The van der Waals surface area contributed by atoms with Crippen LogP contribution < -0.4 is 4.72 Å². The van der Waals surface area contributed by atoms with E-state index in [-0.39, 0.29) is 8.68 Å². The molecule has 1 N–H and O–H groups in total. The van der Waals surface area contributed by atoms with Crippen LogP contribution in [0.1, 0.15) is 18.5 Å². The molecule has 1 rings (SSSR count). The fourth-order valence-corrected chi connectivity index (χ4v) is 4.59. The summed E-state index contributed by atoms with van der Waals surface area (Å²) in [5.41, 5.74) is 0.455. The second-order valence-corrected chi connectivity index (χ2v) is 7.97. The molecule has 0 radical (unpaired) electrons. The van der Waals surface area contributed by atoms with Gasteiger partial charge in [0.15, 0.2) is 8.68 Å². The van der Waals surface area contributed by atoms with E-state index in [9.17, 15) is 8.42 Å². The first-order chi connectivity index (χ1) is 7.97. The van der Waals surface area contributed by atoms with Crippen molar-refractivity contribution in [2.45, 2.75) is 24.0 Å². The van der Waals surface area contributed by atoms with Gasteiger partial charge in [-0.05, 0) is 31.8 Å². The first-order valence-electron chi connectivity index (χ1n) is 5.09. The van der Waals surface area contributed by atoms with Crippen LogP contribution in [0.2, 0.25) is 4.47 Å². The van der Waals surface area contributed by atoms with Gasteiger partial charge in [-0.25, -0.2) is 18.1 Å². The van der Waals surface area contributed by atoms with Gasteiger partial charge >= 0.3 is 0 Å². The van der Waals surface area contributed by atoms with E-state index >= 15 is 0 Å². The van der Waals surface area contributed by atoms with Crippen LogP contribution in [0.3, 0.4) is 0 Å². The number of halogens is 1. The number of thioether (sulfide) groups is 1. The van der Waals surface area contributed by atoms with Crippen LogP contribution in [0.25, 0.3) is 0 Å². The Labute approximate surface area is 115 Å². The van der Waals surface area contributed by atoms with Crippen LogP contribution in [-0.2, 0) is 10.0 Å². The van der Waals surface area contributed by atoms with Crippen molar-refractivity contribution in [3.8, 4) is 0 Å². The lowest BCUT2D eigenvalue weighted by molar-refractivity contribution is 0.580. The van der Waals surface area contributed by atoms with Crippen molar-refractivity contribution in [3.63, 3.8) is 0 Å². The molecule has 0 aliphatic rings. The zero-order chi connectivity index (χ0) is 12.9. The lowest BCUT2D eigenvalue weighted by Gasteiger charge is -2.04. The van der Waals surface area contributed by atoms with Gasteiger partial charge in [0.1, 0.15) is 0 Å². The molecule has 0 spiro atoms. The highest BCUT2D eigenvalue weighted by atomic mass is 35.5. The van der Waals surface area contributed by atoms with Crippen LogP contribution in [-0.4, -0.2) is 32.0 Å². The van der Waals surface area contributed by atoms with Crippen molar-refractivity contribution < 1.29 is 8.42 Å². The molecule has 0 fully saturated rings. The lowest BCUT2D eigenvalue weighted by Crippen LogP contribution is -2.24. The van der Waals surface area contributed by atoms with Gasteiger partial charge in [-0.1, -0.05) is 22.9 Å². The van der Waals surface area contributed by atoms with E-state index in [0.717, 1.165) is 29.9 Å². The summed E-state index contributed by atoms with van der Waals surface area (Å²) in [5.74, 6) is 1.05.